The minimum absolute atomic E-state index is 0.00584. The largest absolute Gasteiger partial charge is 0.472 e. The maximum absolute atomic E-state index is 13.1. The molecule has 0 heterocycles. The molecule has 19 nitrogen and oxygen atoms in total. The lowest BCUT2D eigenvalue weighted by molar-refractivity contribution is -0.213. The van der Waals surface area contributed by atoms with Crippen molar-refractivity contribution in [3.63, 3.8) is 0 Å². The van der Waals surface area contributed by atoms with Gasteiger partial charge in [0.05, 0.1) is 6.61 Å². The van der Waals surface area contributed by atoms with Gasteiger partial charge in [-0.2, -0.15) is 0 Å². The predicted octanol–water partition coefficient (Wildman–Crippen LogP) is 9.85. The number of rotatable bonds is 44. The number of phosphoric acid groups is 3. The van der Waals surface area contributed by atoms with E-state index in [9.17, 15) is 63.1 Å². The molecule has 0 amide bonds. The van der Waals surface area contributed by atoms with Gasteiger partial charge in [-0.1, -0.05) is 154 Å². The van der Waals surface area contributed by atoms with E-state index in [0.717, 1.165) is 103 Å². The van der Waals surface area contributed by atoms with Gasteiger partial charge in [-0.3, -0.25) is 27.7 Å². The van der Waals surface area contributed by atoms with Crippen molar-refractivity contribution >= 4 is 35.4 Å². The molecule has 0 bridgehead atoms. The van der Waals surface area contributed by atoms with Crippen LogP contribution in [0.15, 0.2) is 24.3 Å². The molecule has 406 valence electrons. The minimum atomic E-state index is -5.60. The van der Waals surface area contributed by atoms with Crippen molar-refractivity contribution in [2.24, 2.45) is 0 Å². The van der Waals surface area contributed by atoms with Crippen LogP contribution in [0.4, 0.5) is 0 Å². The number of hydrogen-bond donors (Lipinski definition) is 8. The van der Waals surface area contributed by atoms with Gasteiger partial charge in [0.25, 0.3) is 0 Å². The molecular weight excluding hydrogens is 961 g/mol. The fraction of sp³-hybridized carbons (Fsp3) is 0.872. The zero-order chi connectivity index (χ0) is 51.4. The van der Waals surface area contributed by atoms with Crippen LogP contribution >= 0.6 is 23.5 Å². The Hall–Kier alpha value is -1.37. The van der Waals surface area contributed by atoms with E-state index in [0.29, 0.717) is 12.8 Å². The van der Waals surface area contributed by atoms with Crippen molar-refractivity contribution in [1.82, 2.24) is 0 Å². The van der Waals surface area contributed by atoms with Crippen molar-refractivity contribution in [2.45, 2.75) is 249 Å². The number of hydrogen-bond acceptors (Lipinski definition) is 14. The number of ether oxygens (including phenoxy) is 2. The van der Waals surface area contributed by atoms with Gasteiger partial charge in [-0.25, -0.2) is 13.7 Å². The zero-order valence-electron chi connectivity index (χ0n) is 41.4. The monoisotopic (exact) mass is 1050 g/mol. The highest BCUT2D eigenvalue weighted by Crippen LogP contribution is 2.51. The summed E-state index contributed by atoms with van der Waals surface area (Å²) in [5.41, 5.74) is 0. The van der Waals surface area contributed by atoms with Gasteiger partial charge in [0, 0.05) is 12.8 Å². The Morgan fingerprint density at radius 1 is 0.449 bits per heavy atom. The van der Waals surface area contributed by atoms with Crippen molar-refractivity contribution in [2.75, 3.05) is 13.2 Å². The molecule has 69 heavy (non-hydrogen) atoms. The lowest BCUT2D eigenvalue weighted by Gasteiger charge is -2.44. The molecule has 1 saturated carbocycles. The second kappa shape index (κ2) is 39.1. The van der Waals surface area contributed by atoms with Gasteiger partial charge < -0.3 is 49.3 Å². The molecule has 0 spiro atoms. The SMILES string of the molecule is CCCCCC/C=C\CCCCCCCCCC(=O)OC[C@H](COP(=O)(O)O[C@H]1C(O)C(O)C(OP(=O)(O)O)[C@@H](OP(=O)(O)O)C1O)OC(=O)CCCCCCCCC/C=C\CCCCCCCC. The Bertz CT molecular complexity index is 1540. The molecule has 0 aliphatic heterocycles. The van der Waals surface area contributed by atoms with Crippen LogP contribution in [-0.4, -0.2) is 108 Å². The third-order valence-electron chi connectivity index (χ3n) is 11.7. The van der Waals surface area contributed by atoms with E-state index in [2.05, 4.69) is 47.2 Å². The number of aliphatic hydroxyl groups is 3. The van der Waals surface area contributed by atoms with Crippen LogP contribution < -0.4 is 0 Å². The summed E-state index contributed by atoms with van der Waals surface area (Å²) in [7, 11) is -16.6. The number of aliphatic hydroxyl groups excluding tert-OH is 3. The van der Waals surface area contributed by atoms with Crippen molar-refractivity contribution in [1.29, 1.82) is 0 Å². The first-order valence-electron chi connectivity index (χ1n) is 25.6. The van der Waals surface area contributed by atoms with E-state index in [1.54, 1.807) is 0 Å². The molecule has 0 radical (unpaired) electrons. The Morgan fingerprint density at radius 2 is 0.797 bits per heavy atom. The number of esters is 2. The van der Waals surface area contributed by atoms with Crippen LogP contribution in [0.1, 0.15) is 206 Å². The third-order valence-corrected chi connectivity index (χ3v) is 13.8. The summed E-state index contributed by atoms with van der Waals surface area (Å²) in [4.78, 5) is 73.3. The molecule has 22 heteroatoms. The smallest absolute Gasteiger partial charge is 0.462 e. The molecule has 1 fully saturated rings. The Balaban J connectivity index is 2.69. The van der Waals surface area contributed by atoms with Crippen LogP contribution in [0.25, 0.3) is 0 Å². The van der Waals surface area contributed by atoms with Gasteiger partial charge in [0.1, 0.15) is 43.2 Å². The molecule has 5 unspecified atom stereocenters. The fourth-order valence-electron chi connectivity index (χ4n) is 7.87. The number of carbonyl (C=O) groups is 2. The summed E-state index contributed by atoms with van der Waals surface area (Å²) in [5.74, 6) is -1.30. The average molecular weight is 1050 g/mol. The molecule has 1 aliphatic carbocycles. The van der Waals surface area contributed by atoms with Crippen LogP contribution in [0, 0.1) is 0 Å². The van der Waals surface area contributed by atoms with E-state index in [1.165, 1.54) is 64.2 Å². The maximum Gasteiger partial charge on any atom is 0.472 e. The van der Waals surface area contributed by atoms with E-state index < -0.39 is 91.3 Å². The first-order valence-corrected chi connectivity index (χ1v) is 30.2. The lowest BCUT2D eigenvalue weighted by atomic mass is 9.85. The first-order chi connectivity index (χ1) is 32.8. The third kappa shape index (κ3) is 35.4. The highest BCUT2D eigenvalue weighted by atomic mass is 31.2. The fourth-order valence-corrected chi connectivity index (χ4v) is 9.96. The molecule has 0 aromatic heterocycles. The number of phosphoric ester groups is 3. The van der Waals surface area contributed by atoms with Gasteiger partial charge in [0.15, 0.2) is 6.10 Å². The zero-order valence-corrected chi connectivity index (χ0v) is 44.1. The second-order valence-corrected chi connectivity index (χ2v) is 21.9. The summed E-state index contributed by atoms with van der Waals surface area (Å²) in [5, 5.41) is 31.9. The molecule has 0 aromatic carbocycles. The highest BCUT2D eigenvalue weighted by molar-refractivity contribution is 7.47. The van der Waals surface area contributed by atoms with Gasteiger partial charge >= 0.3 is 35.4 Å². The van der Waals surface area contributed by atoms with Gasteiger partial charge in [-0.05, 0) is 64.2 Å². The summed E-state index contributed by atoms with van der Waals surface area (Å²) in [6, 6.07) is 0. The van der Waals surface area contributed by atoms with E-state index in [1.807, 2.05) is 0 Å². The summed E-state index contributed by atoms with van der Waals surface area (Å²) >= 11 is 0. The Kier molecular flexibility index (Phi) is 37.2. The van der Waals surface area contributed by atoms with Crippen LogP contribution in [-0.2, 0) is 50.9 Å². The molecule has 8 atom stereocenters. The quantitative estimate of drug-likeness (QED) is 0.0122. The topological polar surface area (TPSA) is 303 Å². The maximum atomic E-state index is 13.1. The Labute approximate surface area is 411 Å². The highest BCUT2D eigenvalue weighted by Gasteiger charge is 2.56. The number of allylic oxidation sites excluding steroid dienone is 4. The second-order valence-electron chi connectivity index (χ2n) is 18.1. The minimum Gasteiger partial charge on any atom is -0.462 e. The number of unbranched alkanes of at least 4 members (excludes halogenated alkanes) is 24. The molecule has 0 saturated heterocycles. The summed E-state index contributed by atoms with van der Waals surface area (Å²) in [6.07, 6.45) is 23.2. The van der Waals surface area contributed by atoms with E-state index in [-0.39, 0.29) is 12.8 Å². The van der Waals surface area contributed by atoms with Gasteiger partial charge in [0.2, 0.25) is 0 Å². The average Bonchev–Trinajstić information content (AvgIpc) is 3.28. The molecule has 1 aliphatic rings. The summed E-state index contributed by atoms with van der Waals surface area (Å²) in [6.45, 7) is 2.94. The van der Waals surface area contributed by atoms with Crippen LogP contribution in [0.5, 0.6) is 0 Å². The lowest BCUT2D eigenvalue weighted by Crippen LogP contribution is -2.65. The normalized spacial score (nSPS) is 21.5. The Morgan fingerprint density at radius 3 is 1.22 bits per heavy atom. The van der Waals surface area contributed by atoms with Crippen molar-refractivity contribution in [3.05, 3.63) is 24.3 Å². The molecule has 1 rings (SSSR count). The first kappa shape index (κ1) is 65.6. The van der Waals surface area contributed by atoms with Crippen LogP contribution in [0.3, 0.4) is 0 Å². The standard InChI is InChI=1S/C47H89O19P3/c1-3-5-7-9-11-13-15-17-19-20-22-24-26-28-30-32-34-36-41(49)63-39(37-61-40(48)35-33-31-29-27-25-23-21-18-16-14-12-10-8-6-4-2)38-62-69(59,60)66-45-42(50)43(51)46(64-67(53,54)55)47(44(45)52)65-68(56,57)58/h14,16-17,19,39,42-47,50-52H,3-13,15,18,20-38H2,1-2H3,(H,59,60)(H2,53,54,55)(H2,56,57,58)/b16-14-,19-17-/t39-,42?,43?,44?,45+,46?,47+/m1/s1. The van der Waals surface area contributed by atoms with Crippen molar-refractivity contribution in [3.8, 4) is 0 Å². The van der Waals surface area contributed by atoms with Crippen molar-refractivity contribution < 1.29 is 90.6 Å². The molecule has 0 aromatic rings. The molecular formula is C47H89O19P3. The van der Waals surface area contributed by atoms with Crippen LogP contribution in [0.2, 0.25) is 0 Å². The predicted molar refractivity (Wildman–Crippen MR) is 261 cm³/mol. The van der Waals surface area contributed by atoms with E-state index in [4.69, 9.17) is 18.5 Å². The number of carbonyl (C=O) groups excluding carboxylic acids is 2. The summed E-state index contributed by atoms with van der Waals surface area (Å²) < 4.78 is 65.6. The van der Waals surface area contributed by atoms with Gasteiger partial charge in [-0.15, -0.1) is 0 Å². The van der Waals surface area contributed by atoms with E-state index >= 15 is 0 Å². The molecule has 8 N–H and O–H groups in total.